The molecule has 94 valence electrons. The molecule has 0 aliphatic heterocycles. The van der Waals surface area contributed by atoms with Crippen molar-refractivity contribution in [1.29, 1.82) is 0 Å². The first-order valence-electron chi connectivity index (χ1n) is 6.01. The van der Waals surface area contributed by atoms with E-state index in [4.69, 9.17) is 4.74 Å². The molecular formula is C14H19BrO2. The fourth-order valence-electron chi connectivity index (χ4n) is 1.64. The average Bonchev–Trinajstić information content (AvgIpc) is 2.31. The minimum Gasteiger partial charge on any atom is -0.493 e. The van der Waals surface area contributed by atoms with Crippen molar-refractivity contribution in [3.8, 4) is 5.75 Å². The van der Waals surface area contributed by atoms with Crippen LogP contribution in [0.3, 0.4) is 0 Å². The highest BCUT2D eigenvalue weighted by Gasteiger charge is 2.11. The van der Waals surface area contributed by atoms with E-state index in [9.17, 15) is 4.79 Å². The molecular weight excluding hydrogens is 280 g/mol. The van der Waals surface area contributed by atoms with E-state index in [2.05, 4.69) is 29.8 Å². The second kappa shape index (κ2) is 6.80. The van der Waals surface area contributed by atoms with Gasteiger partial charge >= 0.3 is 0 Å². The van der Waals surface area contributed by atoms with Crippen LogP contribution >= 0.6 is 15.9 Å². The molecule has 0 aliphatic carbocycles. The van der Waals surface area contributed by atoms with Crippen LogP contribution in [0.2, 0.25) is 0 Å². The standard InChI is InChI=1S/C14H19BrO2/c1-4-11(5-2)9-17-14-7-6-12(15)8-13(14)10(3)16/h6-8,11H,4-5,9H2,1-3H3. The zero-order valence-corrected chi connectivity index (χ0v) is 12.2. The highest BCUT2D eigenvalue weighted by Crippen LogP contribution is 2.24. The summed E-state index contributed by atoms with van der Waals surface area (Å²) < 4.78 is 6.66. The molecule has 0 spiro atoms. The number of carbonyl (C=O) groups excluding carboxylic acids is 1. The number of ether oxygens (including phenoxy) is 1. The maximum Gasteiger partial charge on any atom is 0.163 e. The molecule has 0 aliphatic rings. The van der Waals surface area contributed by atoms with E-state index >= 15 is 0 Å². The fourth-order valence-corrected chi connectivity index (χ4v) is 2.00. The molecule has 0 saturated heterocycles. The number of hydrogen-bond acceptors (Lipinski definition) is 2. The Kier molecular flexibility index (Phi) is 5.69. The molecule has 0 radical (unpaired) electrons. The number of hydrogen-bond donors (Lipinski definition) is 0. The molecule has 2 nitrogen and oxygen atoms in total. The molecule has 0 aromatic heterocycles. The second-order valence-corrected chi connectivity index (χ2v) is 5.11. The SMILES string of the molecule is CCC(CC)COc1ccc(Br)cc1C(C)=O. The summed E-state index contributed by atoms with van der Waals surface area (Å²) in [6.45, 7) is 6.55. The van der Waals surface area contributed by atoms with Crippen LogP contribution in [0.4, 0.5) is 0 Å². The topological polar surface area (TPSA) is 26.3 Å². The zero-order valence-electron chi connectivity index (χ0n) is 10.6. The van der Waals surface area contributed by atoms with Crippen molar-refractivity contribution < 1.29 is 9.53 Å². The molecule has 1 rings (SSSR count). The Morgan fingerprint density at radius 1 is 1.35 bits per heavy atom. The molecule has 0 amide bonds. The van der Waals surface area contributed by atoms with Gasteiger partial charge < -0.3 is 4.74 Å². The van der Waals surface area contributed by atoms with Crippen LogP contribution in [-0.2, 0) is 0 Å². The van der Waals surface area contributed by atoms with Gasteiger partial charge in [-0.15, -0.1) is 0 Å². The molecule has 0 unspecified atom stereocenters. The lowest BCUT2D eigenvalue weighted by Gasteiger charge is -2.15. The Bertz CT molecular complexity index is 384. The lowest BCUT2D eigenvalue weighted by atomic mass is 10.1. The smallest absolute Gasteiger partial charge is 0.163 e. The quantitative estimate of drug-likeness (QED) is 0.725. The fraction of sp³-hybridized carbons (Fsp3) is 0.500. The van der Waals surface area contributed by atoms with Gasteiger partial charge in [0.25, 0.3) is 0 Å². The van der Waals surface area contributed by atoms with Crippen molar-refractivity contribution in [3.63, 3.8) is 0 Å². The Balaban J connectivity index is 2.80. The summed E-state index contributed by atoms with van der Waals surface area (Å²) in [5.41, 5.74) is 0.644. The molecule has 0 bridgehead atoms. The Morgan fingerprint density at radius 2 is 2.00 bits per heavy atom. The molecule has 3 heteroatoms. The third-order valence-corrected chi connectivity index (χ3v) is 3.44. The largest absolute Gasteiger partial charge is 0.493 e. The summed E-state index contributed by atoms with van der Waals surface area (Å²) in [5.74, 6) is 1.27. The van der Waals surface area contributed by atoms with E-state index in [1.165, 1.54) is 0 Å². The first kappa shape index (κ1) is 14.2. The van der Waals surface area contributed by atoms with Crippen LogP contribution < -0.4 is 4.74 Å². The number of benzene rings is 1. The lowest BCUT2D eigenvalue weighted by molar-refractivity contribution is 0.101. The summed E-state index contributed by atoms with van der Waals surface area (Å²) in [5, 5.41) is 0. The van der Waals surface area contributed by atoms with Gasteiger partial charge in [0.15, 0.2) is 5.78 Å². The Hall–Kier alpha value is -0.830. The van der Waals surface area contributed by atoms with Crippen LogP contribution in [0.25, 0.3) is 0 Å². The van der Waals surface area contributed by atoms with Crippen LogP contribution in [0.1, 0.15) is 44.0 Å². The van der Waals surface area contributed by atoms with Crippen molar-refractivity contribution in [3.05, 3.63) is 28.2 Å². The second-order valence-electron chi connectivity index (χ2n) is 4.19. The van der Waals surface area contributed by atoms with Gasteiger partial charge in [0, 0.05) is 4.47 Å². The van der Waals surface area contributed by atoms with Crippen molar-refractivity contribution >= 4 is 21.7 Å². The van der Waals surface area contributed by atoms with E-state index in [1.54, 1.807) is 6.92 Å². The summed E-state index contributed by atoms with van der Waals surface area (Å²) in [6.07, 6.45) is 2.20. The summed E-state index contributed by atoms with van der Waals surface area (Å²) >= 11 is 3.36. The van der Waals surface area contributed by atoms with E-state index < -0.39 is 0 Å². The number of carbonyl (C=O) groups is 1. The highest BCUT2D eigenvalue weighted by atomic mass is 79.9. The molecule has 0 atom stereocenters. The third-order valence-electron chi connectivity index (χ3n) is 2.95. The molecule has 0 heterocycles. The van der Waals surface area contributed by atoms with Gasteiger partial charge in [-0.25, -0.2) is 0 Å². The van der Waals surface area contributed by atoms with Crippen LogP contribution in [0.15, 0.2) is 22.7 Å². The number of ketones is 1. The number of Topliss-reactive ketones (excluding diaryl/α,β-unsaturated/α-hetero) is 1. The van der Waals surface area contributed by atoms with Crippen molar-refractivity contribution in [2.45, 2.75) is 33.6 Å². The van der Waals surface area contributed by atoms with E-state index in [0.717, 1.165) is 17.3 Å². The van der Waals surface area contributed by atoms with Gasteiger partial charge in [0.2, 0.25) is 0 Å². The van der Waals surface area contributed by atoms with Crippen molar-refractivity contribution in [2.75, 3.05) is 6.61 Å². The minimum atomic E-state index is 0.0332. The lowest BCUT2D eigenvalue weighted by Crippen LogP contribution is -2.11. The van der Waals surface area contributed by atoms with E-state index in [0.29, 0.717) is 23.8 Å². The Labute approximate surface area is 111 Å². The van der Waals surface area contributed by atoms with E-state index in [-0.39, 0.29) is 5.78 Å². The predicted molar refractivity (Wildman–Crippen MR) is 73.7 cm³/mol. The van der Waals surface area contributed by atoms with Crippen LogP contribution in [0.5, 0.6) is 5.75 Å². The first-order chi connectivity index (χ1) is 8.08. The van der Waals surface area contributed by atoms with Crippen molar-refractivity contribution in [1.82, 2.24) is 0 Å². The maximum absolute atomic E-state index is 11.5. The maximum atomic E-state index is 11.5. The molecule has 0 N–H and O–H groups in total. The molecule has 0 fully saturated rings. The first-order valence-corrected chi connectivity index (χ1v) is 6.81. The van der Waals surface area contributed by atoms with Gasteiger partial charge in [0.1, 0.15) is 5.75 Å². The summed E-state index contributed by atoms with van der Waals surface area (Å²) in [7, 11) is 0. The normalized spacial score (nSPS) is 10.6. The Morgan fingerprint density at radius 3 is 2.53 bits per heavy atom. The molecule has 1 aromatic rings. The average molecular weight is 299 g/mol. The number of halogens is 1. The number of rotatable bonds is 6. The van der Waals surface area contributed by atoms with Crippen LogP contribution in [0, 0.1) is 5.92 Å². The van der Waals surface area contributed by atoms with Crippen molar-refractivity contribution in [2.24, 2.45) is 5.92 Å². The third kappa shape index (κ3) is 4.15. The molecule has 17 heavy (non-hydrogen) atoms. The summed E-state index contributed by atoms with van der Waals surface area (Å²) in [6, 6.07) is 5.56. The van der Waals surface area contributed by atoms with Gasteiger partial charge in [-0.1, -0.05) is 42.6 Å². The molecule has 0 saturated carbocycles. The van der Waals surface area contributed by atoms with Gasteiger partial charge in [-0.2, -0.15) is 0 Å². The van der Waals surface area contributed by atoms with Crippen LogP contribution in [-0.4, -0.2) is 12.4 Å². The highest BCUT2D eigenvalue weighted by molar-refractivity contribution is 9.10. The predicted octanol–water partition coefficient (Wildman–Crippen LogP) is 4.47. The van der Waals surface area contributed by atoms with Gasteiger partial charge in [-0.3, -0.25) is 4.79 Å². The molecule has 1 aromatic carbocycles. The minimum absolute atomic E-state index is 0.0332. The van der Waals surface area contributed by atoms with Gasteiger partial charge in [-0.05, 0) is 31.0 Å². The van der Waals surface area contributed by atoms with Gasteiger partial charge in [0.05, 0.1) is 12.2 Å². The monoisotopic (exact) mass is 298 g/mol. The zero-order chi connectivity index (χ0) is 12.8. The summed E-state index contributed by atoms with van der Waals surface area (Å²) in [4.78, 5) is 11.5. The van der Waals surface area contributed by atoms with E-state index in [1.807, 2.05) is 18.2 Å².